The van der Waals surface area contributed by atoms with Gasteiger partial charge >= 0.3 is 5.97 Å². The third-order valence-electron chi connectivity index (χ3n) is 3.22. The second-order valence-corrected chi connectivity index (χ2v) is 4.43. The molecule has 1 aromatic rings. The van der Waals surface area contributed by atoms with Crippen LogP contribution in [0.5, 0.6) is 0 Å². The molecule has 0 saturated carbocycles. The van der Waals surface area contributed by atoms with Crippen LogP contribution in [0.4, 0.5) is 0 Å². The Hall–Kier alpha value is -1.35. The Morgan fingerprint density at radius 3 is 3.06 bits per heavy atom. The molecule has 2 atom stereocenters. The fourth-order valence-corrected chi connectivity index (χ4v) is 2.37. The van der Waals surface area contributed by atoms with Crippen LogP contribution >= 0.6 is 0 Å². The van der Waals surface area contributed by atoms with Crippen molar-refractivity contribution in [3.05, 3.63) is 35.4 Å². The predicted molar refractivity (Wildman–Crippen MR) is 66.7 cm³/mol. The highest BCUT2D eigenvalue weighted by atomic mass is 16.5. The summed E-state index contributed by atoms with van der Waals surface area (Å²) >= 11 is 0. The first-order valence-corrected chi connectivity index (χ1v) is 6.23. The molecule has 1 N–H and O–H groups in total. The molecule has 1 aliphatic carbocycles. The summed E-state index contributed by atoms with van der Waals surface area (Å²) < 4.78 is 5.00. The smallest absolute Gasteiger partial charge is 0.322 e. The van der Waals surface area contributed by atoms with E-state index in [2.05, 4.69) is 23.5 Å². The minimum absolute atomic E-state index is 0.170. The van der Waals surface area contributed by atoms with E-state index < -0.39 is 0 Å². The third-order valence-corrected chi connectivity index (χ3v) is 3.22. The summed E-state index contributed by atoms with van der Waals surface area (Å²) in [7, 11) is 0. The van der Waals surface area contributed by atoms with E-state index in [1.165, 1.54) is 11.1 Å². The SMILES string of the molecule is CCOC(=O)C(C)NC1CCc2ccccc21. The predicted octanol–water partition coefficient (Wildman–Crippen LogP) is 2.22. The summed E-state index contributed by atoms with van der Waals surface area (Å²) in [4.78, 5) is 11.6. The van der Waals surface area contributed by atoms with E-state index >= 15 is 0 Å². The van der Waals surface area contributed by atoms with Gasteiger partial charge in [0.1, 0.15) is 6.04 Å². The first kappa shape index (κ1) is 12.1. The topological polar surface area (TPSA) is 38.3 Å². The highest BCUT2D eigenvalue weighted by Crippen LogP contribution is 2.30. The molecule has 0 saturated heterocycles. The first-order valence-electron chi connectivity index (χ1n) is 6.23. The van der Waals surface area contributed by atoms with Crippen molar-refractivity contribution in [2.24, 2.45) is 0 Å². The Morgan fingerprint density at radius 2 is 2.29 bits per heavy atom. The van der Waals surface area contributed by atoms with Gasteiger partial charge in [0, 0.05) is 6.04 Å². The Kier molecular flexibility index (Phi) is 3.79. The Labute approximate surface area is 102 Å². The molecule has 1 aromatic carbocycles. The molecule has 0 aromatic heterocycles. The van der Waals surface area contributed by atoms with Crippen molar-refractivity contribution in [3.8, 4) is 0 Å². The zero-order valence-electron chi connectivity index (χ0n) is 10.4. The van der Waals surface area contributed by atoms with Gasteiger partial charge in [-0.2, -0.15) is 0 Å². The van der Waals surface area contributed by atoms with Gasteiger partial charge < -0.3 is 4.74 Å². The lowest BCUT2D eigenvalue weighted by molar-refractivity contribution is -0.145. The van der Waals surface area contributed by atoms with Crippen LogP contribution in [0.1, 0.15) is 37.4 Å². The monoisotopic (exact) mass is 233 g/mol. The molecule has 0 bridgehead atoms. The van der Waals surface area contributed by atoms with Gasteiger partial charge in [-0.25, -0.2) is 0 Å². The number of fused-ring (bicyclic) bond motifs is 1. The van der Waals surface area contributed by atoms with Crippen LogP contribution in [0.15, 0.2) is 24.3 Å². The van der Waals surface area contributed by atoms with Gasteiger partial charge in [-0.15, -0.1) is 0 Å². The summed E-state index contributed by atoms with van der Waals surface area (Å²) in [6.45, 7) is 4.13. The van der Waals surface area contributed by atoms with E-state index in [1.807, 2.05) is 19.9 Å². The minimum atomic E-state index is -0.244. The Morgan fingerprint density at radius 1 is 1.53 bits per heavy atom. The lowest BCUT2D eigenvalue weighted by Gasteiger charge is -2.19. The summed E-state index contributed by atoms with van der Waals surface area (Å²) in [6.07, 6.45) is 2.15. The lowest BCUT2D eigenvalue weighted by atomic mass is 10.1. The van der Waals surface area contributed by atoms with Crippen molar-refractivity contribution in [1.29, 1.82) is 0 Å². The van der Waals surface area contributed by atoms with E-state index in [0.717, 1.165) is 12.8 Å². The Bertz CT molecular complexity index is 403. The average Bonchev–Trinajstić information content (AvgIpc) is 2.73. The van der Waals surface area contributed by atoms with Crippen molar-refractivity contribution in [3.63, 3.8) is 0 Å². The number of hydrogen-bond acceptors (Lipinski definition) is 3. The molecule has 17 heavy (non-hydrogen) atoms. The number of ether oxygens (including phenoxy) is 1. The number of nitrogens with one attached hydrogen (secondary N) is 1. The highest BCUT2D eigenvalue weighted by Gasteiger charge is 2.25. The maximum atomic E-state index is 11.6. The number of rotatable bonds is 4. The van der Waals surface area contributed by atoms with Gasteiger partial charge in [0.25, 0.3) is 0 Å². The molecule has 0 heterocycles. The minimum Gasteiger partial charge on any atom is -0.465 e. The highest BCUT2D eigenvalue weighted by molar-refractivity contribution is 5.75. The summed E-state index contributed by atoms with van der Waals surface area (Å²) in [5, 5.41) is 3.35. The van der Waals surface area contributed by atoms with Crippen LogP contribution in [0, 0.1) is 0 Å². The van der Waals surface area contributed by atoms with Gasteiger partial charge in [-0.05, 0) is 37.8 Å². The van der Waals surface area contributed by atoms with E-state index in [9.17, 15) is 4.79 Å². The van der Waals surface area contributed by atoms with Gasteiger partial charge in [0.05, 0.1) is 6.61 Å². The van der Waals surface area contributed by atoms with Gasteiger partial charge in [-0.3, -0.25) is 10.1 Å². The zero-order valence-corrected chi connectivity index (χ0v) is 10.4. The van der Waals surface area contributed by atoms with Crippen molar-refractivity contribution in [1.82, 2.24) is 5.32 Å². The van der Waals surface area contributed by atoms with Crippen LogP contribution < -0.4 is 5.32 Å². The van der Waals surface area contributed by atoms with E-state index in [0.29, 0.717) is 6.61 Å². The third kappa shape index (κ3) is 2.67. The number of benzene rings is 1. The quantitative estimate of drug-likeness (QED) is 0.810. The molecule has 2 unspecified atom stereocenters. The lowest BCUT2D eigenvalue weighted by Crippen LogP contribution is -2.37. The van der Waals surface area contributed by atoms with Crippen LogP contribution in [-0.4, -0.2) is 18.6 Å². The van der Waals surface area contributed by atoms with E-state index in [1.54, 1.807) is 0 Å². The molecule has 1 aliphatic rings. The summed E-state index contributed by atoms with van der Waals surface area (Å²) in [5.41, 5.74) is 2.71. The first-order chi connectivity index (χ1) is 8.22. The van der Waals surface area contributed by atoms with Gasteiger partial charge in [0.2, 0.25) is 0 Å². The molecule has 2 rings (SSSR count). The van der Waals surface area contributed by atoms with E-state index in [-0.39, 0.29) is 18.1 Å². The number of esters is 1. The van der Waals surface area contributed by atoms with Crippen LogP contribution in [0.25, 0.3) is 0 Å². The van der Waals surface area contributed by atoms with Gasteiger partial charge in [-0.1, -0.05) is 24.3 Å². The summed E-state index contributed by atoms with van der Waals surface area (Å²) in [6, 6.07) is 8.45. The molecule has 3 heteroatoms. The Balaban J connectivity index is 1.99. The van der Waals surface area contributed by atoms with Crippen molar-refractivity contribution >= 4 is 5.97 Å². The zero-order chi connectivity index (χ0) is 12.3. The van der Waals surface area contributed by atoms with E-state index in [4.69, 9.17) is 4.74 Å². The normalized spacial score (nSPS) is 19.8. The summed E-state index contributed by atoms with van der Waals surface area (Å²) in [5.74, 6) is -0.170. The molecular weight excluding hydrogens is 214 g/mol. The molecule has 0 spiro atoms. The number of hydrogen-bond donors (Lipinski definition) is 1. The number of carbonyl (C=O) groups is 1. The number of aryl methyl sites for hydroxylation is 1. The van der Waals surface area contributed by atoms with Gasteiger partial charge in [0.15, 0.2) is 0 Å². The molecule has 0 radical (unpaired) electrons. The maximum absolute atomic E-state index is 11.6. The van der Waals surface area contributed by atoms with Crippen molar-refractivity contribution < 1.29 is 9.53 Å². The second-order valence-electron chi connectivity index (χ2n) is 4.43. The fraction of sp³-hybridized carbons (Fsp3) is 0.500. The number of carbonyl (C=O) groups excluding carboxylic acids is 1. The van der Waals surface area contributed by atoms with Crippen LogP contribution in [0.2, 0.25) is 0 Å². The maximum Gasteiger partial charge on any atom is 0.322 e. The molecular formula is C14H19NO2. The van der Waals surface area contributed by atoms with Crippen molar-refractivity contribution in [2.75, 3.05) is 6.61 Å². The molecule has 0 aliphatic heterocycles. The molecule has 92 valence electrons. The standard InChI is InChI=1S/C14H19NO2/c1-3-17-14(16)10(2)15-13-9-8-11-6-4-5-7-12(11)13/h4-7,10,13,15H,3,8-9H2,1-2H3. The molecule has 0 fully saturated rings. The average molecular weight is 233 g/mol. The largest absolute Gasteiger partial charge is 0.465 e. The fourth-order valence-electron chi connectivity index (χ4n) is 2.37. The van der Waals surface area contributed by atoms with Crippen LogP contribution in [-0.2, 0) is 16.0 Å². The van der Waals surface area contributed by atoms with Crippen molar-refractivity contribution in [2.45, 2.75) is 38.8 Å². The second kappa shape index (κ2) is 5.32. The molecule has 3 nitrogen and oxygen atoms in total. The van der Waals surface area contributed by atoms with Crippen LogP contribution in [0.3, 0.4) is 0 Å². The molecule has 0 amide bonds.